The molecule has 1 saturated heterocycles. The molecule has 0 aliphatic carbocycles. The molecule has 0 radical (unpaired) electrons. The fraction of sp³-hybridized carbons (Fsp3) is 0.233. The van der Waals surface area contributed by atoms with E-state index in [2.05, 4.69) is 69.6 Å². The van der Waals surface area contributed by atoms with E-state index >= 15 is 0 Å². The van der Waals surface area contributed by atoms with Crippen molar-refractivity contribution in [2.75, 3.05) is 20.2 Å². The maximum absolute atomic E-state index is 12.8. The van der Waals surface area contributed by atoms with Crippen LogP contribution in [0.3, 0.4) is 0 Å². The number of amides is 2. The monoisotopic (exact) mass is 554 g/mol. The lowest BCUT2D eigenvalue weighted by atomic mass is 10.0. The maximum Gasteiger partial charge on any atom is 0.407 e. The molecule has 0 unspecified atom stereocenters. The van der Waals surface area contributed by atoms with Crippen molar-refractivity contribution >= 4 is 66.4 Å². The minimum absolute atomic E-state index is 0.0243. The van der Waals surface area contributed by atoms with Gasteiger partial charge < -0.3 is 19.9 Å². The molecule has 2 amide bonds. The molecule has 0 bridgehead atoms. The molecule has 9 heteroatoms. The summed E-state index contributed by atoms with van der Waals surface area (Å²) >= 11 is 3.66. The molecule has 1 fully saturated rings. The van der Waals surface area contributed by atoms with Crippen LogP contribution in [0, 0.1) is 0 Å². The molecule has 196 valence electrons. The molecule has 39 heavy (non-hydrogen) atoms. The van der Waals surface area contributed by atoms with Gasteiger partial charge >= 0.3 is 6.09 Å². The van der Waals surface area contributed by atoms with Gasteiger partial charge in [-0.3, -0.25) is 9.79 Å². The van der Waals surface area contributed by atoms with Crippen LogP contribution >= 0.6 is 22.7 Å². The molecule has 5 aromatic rings. The highest BCUT2D eigenvalue weighted by molar-refractivity contribution is 7.31. The maximum atomic E-state index is 12.8. The number of carbonyl (C=O) groups is 2. The second-order valence-corrected chi connectivity index (χ2v) is 12.1. The number of aromatic nitrogens is 1. The van der Waals surface area contributed by atoms with E-state index in [9.17, 15) is 9.59 Å². The predicted octanol–water partition coefficient (Wildman–Crippen LogP) is 6.75. The zero-order valence-corrected chi connectivity index (χ0v) is 23.0. The van der Waals surface area contributed by atoms with E-state index in [4.69, 9.17) is 4.99 Å². The third-order valence-electron chi connectivity index (χ3n) is 7.57. The molecule has 5 heterocycles. The number of nitrogens with one attached hydrogen (secondary N) is 2. The number of benzene rings is 2. The zero-order chi connectivity index (χ0) is 26.5. The Morgan fingerprint density at radius 3 is 2.62 bits per heavy atom. The van der Waals surface area contributed by atoms with Gasteiger partial charge in [-0.1, -0.05) is 12.1 Å². The third kappa shape index (κ3) is 4.41. The average Bonchev–Trinajstić information content (AvgIpc) is 3.76. The van der Waals surface area contributed by atoms with Crippen molar-refractivity contribution in [3.8, 4) is 20.9 Å². The van der Waals surface area contributed by atoms with E-state index in [1.165, 1.54) is 48.3 Å². The lowest BCUT2D eigenvalue weighted by Gasteiger charge is -2.25. The normalized spacial score (nSPS) is 16.6. The summed E-state index contributed by atoms with van der Waals surface area (Å²) in [5.41, 5.74) is 6.83. The van der Waals surface area contributed by atoms with Crippen LogP contribution in [0.5, 0.6) is 0 Å². The van der Waals surface area contributed by atoms with Gasteiger partial charge in [0.15, 0.2) is 0 Å². The fourth-order valence-electron chi connectivity index (χ4n) is 5.63. The first kappa shape index (κ1) is 24.1. The Bertz CT molecular complexity index is 1750. The third-order valence-corrected chi connectivity index (χ3v) is 9.96. The number of hydrogen-bond donors (Lipinski definition) is 2. The van der Waals surface area contributed by atoms with Crippen LogP contribution < -0.4 is 5.32 Å². The number of aliphatic imine (C=N–C) groups is 1. The van der Waals surface area contributed by atoms with Gasteiger partial charge in [0, 0.05) is 49.5 Å². The largest absolute Gasteiger partial charge is 0.453 e. The van der Waals surface area contributed by atoms with Crippen LogP contribution in [-0.4, -0.2) is 53.8 Å². The Morgan fingerprint density at radius 1 is 1.05 bits per heavy atom. The van der Waals surface area contributed by atoms with Crippen LogP contribution in [0.2, 0.25) is 0 Å². The van der Waals surface area contributed by atoms with Crippen LogP contribution in [0.4, 0.5) is 10.5 Å². The molecule has 2 aromatic carbocycles. The summed E-state index contributed by atoms with van der Waals surface area (Å²) in [7, 11) is 1.29. The summed E-state index contributed by atoms with van der Waals surface area (Å²) in [5, 5.41) is 3.73. The van der Waals surface area contributed by atoms with Crippen LogP contribution in [0.25, 0.3) is 41.2 Å². The summed E-state index contributed by atoms with van der Waals surface area (Å²) < 4.78 is 7.19. The number of nitrogens with zero attached hydrogens (tertiary/aromatic N) is 2. The van der Waals surface area contributed by atoms with Crippen molar-refractivity contribution in [3.05, 3.63) is 66.4 Å². The quantitative estimate of drug-likeness (QED) is 0.252. The Morgan fingerprint density at radius 2 is 1.82 bits per heavy atom. The van der Waals surface area contributed by atoms with Crippen molar-refractivity contribution in [1.29, 1.82) is 0 Å². The van der Waals surface area contributed by atoms with Gasteiger partial charge in [-0.25, -0.2) is 4.79 Å². The molecule has 1 atom stereocenters. The summed E-state index contributed by atoms with van der Waals surface area (Å²) in [6.45, 7) is 0.616. The highest BCUT2D eigenvalue weighted by Crippen LogP contribution is 2.43. The number of thiophene rings is 2. The summed E-state index contributed by atoms with van der Waals surface area (Å²) in [5.74, 6) is -0.103. The molecule has 0 saturated carbocycles. The first-order valence-electron chi connectivity index (χ1n) is 13.0. The molecule has 0 spiro atoms. The Labute approximate surface area is 233 Å². The second kappa shape index (κ2) is 9.66. The molecule has 2 N–H and O–H groups in total. The van der Waals surface area contributed by atoms with Crippen LogP contribution in [0.15, 0.2) is 65.8 Å². The van der Waals surface area contributed by atoms with E-state index in [0.29, 0.717) is 6.54 Å². The molecule has 2 aliphatic rings. The smallest absolute Gasteiger partial charge is 0.407 e. The van der Waals surface area contributed by atoms with Crippen LogP contribution in [0.1, 0.15) is 18.4 Å². The first-order chi connectivity index (χ1) is 19.1. The van der Waals surface area contributed by atoms with Gasteiger partial charge in [-0.2, -0.15) is 0 Å². The van der Waals surface area contributed by atoms with Gasteiger partial charge in [0.05, 0.1) is 18.8 Å². The lowest BCUT2D eigenvalue weighted by Crippen LogP contribution is -2.45. The molecular formula is C30H26N4O3S2. The first-order valence-corrected chi connectivity index (χ1v) is 14.6. The van der Waals surface area contributed by atoms with Gasteiger partial charge in [-0.15, -0.1) is 22.7 Å². The minimum Gasteiger partial charge on any atom is -0.453 e. The number of likely N-dealkylation sites (tertiary alicyclic amines) is 1. The van der Waals surface area contributed by atoms with E-state index in [1.54, 1.807) is 0 Å². The Hall–Kier alpha value is -3.95. The van der Waals surface area contributed by atoms with Gasteiger partial charge in [-0.05, 0) is 77.4 Å². The number of rotatable bonds is 5. The number of methoxy groups -OCH3 is 1. The van der Waals surface area contributed by atoms with Crippen LogP contribution in [-0.2, 0) is 16.0 Å². The van der Waals surface area contributed by atoms with E-state index in [0.717, 1.165) is 36.2 Å². The number of carbonyl (C=O) groups excluding carboxylic acids is 2. The Kier molecular flexibility index (Phi) is 5.97. The number of hydrogen-bond acceptors (Lipinski definition) is 6. The van der Waals surface area contributed by atoms with Crippen molar-refractivity contribution in [2.45, 2.75) is 25.3 Å². The van der Waals surface area contributed by atoms with E-state index < -0.39 is 6.09 Å². The Balaban J connectivity index is 1.08. The number of aromatic amines is 1. The number of H-pyrrole nitrogens is 1. The fourth-order valence-corrected chi connectivity index (χ4v) is 8.02. The number of alkyl carbamates (subject to hydrolysis) is 1. The lowest BCUT2D eigenvalue weighted by molar-refractivity contribution is -0.129. The summed E-state index contributed by atoms with van der Waals surface area (Å²) in [4.78, 5) is 36.7. The summed E-state index contributed by atoms with van der Waals surface area (Å²) in [6.07, 6.45) is 3.95. The highest BCUT2D eigenvalue weighted by atomic mass is 32.1. The minimum atomic E-state index is -0.597. The molecule has 2 aliphatic heterocycles. The van der Waals surface area contributed by atoms with E-state index in [1.807, 2.05) is 33.8 Å². The zero-order valence-electron chi connectivity index (χ0n) is 21.3. The SMILES string of the molecule is COC(=O)NCC(=O)N1CCC[C@H]1C1=Nc2ccc(-c3cc4sc(-c5ccc6[nH]ccc6c5)cc4s3)cc2C1. The second-order valence-electron chi connectivity index (χ2n) is 9.94. The van der Waals surface area contributed by atoms with E-state index in [-0.39, 0.29) is 18.5 Å². The van der Waals surface area contributed by atoms with Gasteiger partial charge in [0.1, 0.15) is 6.54 Å². The molecule has 7 nitrogen and oxygen atoms in total. The molecule has 3 aromatic heterocycles. The highest BCUT2D eigenvalue weighted by Gasteiger charge is 2.34. The average molecular weight is 555 g/mol. The molecular weight excluding hydrogens is 528 g/mol. The number of fused-ring (bicyclic) bond motifs is 3. The topological polar surface area (TPSA) is 86.8 Å². The number of ether oxygens (including phenoxy) is 1. The van der Waals surface area contributed by atoms with Crippen molar-refractivity contribution in [2.24, 2.45) is 4.99 Å². The van der Waals surface area contributed by atoms with Gasteiger partial charge in [0.2, 0.25) is 5.91 Å². The molecule has 7 rings (SSSR count). The van der Waals surface area contributed by atoms with Crippen molar-refractivity contribution in [1.82, 2.24) is 15.2 Å². The summed E-state index contributed by atoms with van der Waals surface area (Å²) in [6, 6.07) is 19.8. The standard InChI is InChI=1S/C30H26N4O3S2/c1-37-30(36)32-16-29(35)34-10-2-3-24(34)23-13-20-12-19(5-7-22(20)33-23)26-15-28-27(39-26)14-25(38-28)18-4-6-21-17(11-18)8-9-31-21/h4-9,11-12,14-15,24,31H,2-3,10,13,16H2,1H3,(H,32,36)/t24-/m0/s1. The predicted molar refractivity (Wildman–Crippen MR) is 158 cm³/mol. The van der Waals surface area contributed by atoms with Gasteiger partial charge in [0.25, 0.3) is 0 Å². The van der Waals surface area contributed by atoms with Crippen molar-refractivity contribution < 1.29 is 14.3 Å². The van der Waals surface area contributed by atoms with Crippen molar-refractivity contribution in [3.63, 3.8) is 0 Å².